The molecular formula is C19H25N3O2. The average Bonchev–Trinajstić information content (AvgIpc) is 3.11. The van der Waals surface area contributed by atoms with Gasteiger partial charge in [-0.1, -0.05) is 24.3 Å². The number of likely N-dealkylation sites (tertiary alicyclic amines) is 1. The molecule has 1 aliphatic heterocycles. The molecule has 0 saturated carbocycles. The summed E-state index contributed by atoms with van der Waals surface area (Å²) in [4.78, 5) is 19.1. The van der Waals surface area contributed by atoms with Gasteiger partial charge in [0.05, 0.1) is 13.0 Å². The first-order valence-electron chi connectivity index (χ1n) is 8.68. The molecule has 1 aliphatic rings. The smallest absolute Gasteiger partial charge is 0.227 e. The molecule has 1 atom stereocenters. The highest BCUT2D eigenvalue weighted by Gasteiger charge is 2.27. The molecule has 2 aromatic rings. The van der Waals surface area contributed by atoms with E-state index in [1.807, 2.05) is 41.6 Å². The highest BCUT2D eigenvalue weighted by Crippen LogP contribution is 2.26. The van der Waals surface area contributed by atoms with E-state index in [2.05, 4.69) is 16.5 Å². The first-order chi connectivity index (χ1) is 11.7. The summed E-state index contributed by atoms with van der Waals surface area (Å²) in [6.45, 7) is 4.65. The third kappa shape index (κ3) is 3.67. The third-order valence-electron chi connectivity index (χ3n) is 4.79. The number of amides is 1. The molecule has 3 rings (SSSR count). The van der Waals surface area contributed by atoms with E-state index in [0.29, 0.717) is 12.3 Å². The lowest BCUT2D eigenvalue weighted by Crippen LogP contribution is -2.40. The number of rotatable bonds is 5. The average molecular weight is 327 g/mol. The molecule has 0 unspecified atom stereocenters. The number of nitrogens with zero attached hydrogens (tertiary/aromatic N) is 3. The van der Waals surface area contributed by atoms with Crippen LogP contribution in [0.1, 0.15) is 42.6 Å². The molecule has 0 radical (unpaired) electrons. The molecule has 0 aliphatic carbocycles. The van der Waals surface area contributed by atoms with Crippen molar-refractivity contribution < 1.29 is 9.90 Å². The van der Waals surface area contributed by atoms with Crippen LogP contribution in [0.5, 0.6) is 0 Å². The molecule has 1 saturated heterocycles. The fourth-order valence-corrected chi connectivity index (χ4v) is 3.41. The van der Waals surface area contributed by atoms with Crippen molar-refractivity contribution >= 4 is 5.91 Å². The van der Waals surface area contributed by atoms with Crippen LogP contribution in [0.4, 0.5) is 0 Å². The molecule has 1 N–H and O–H groups in total. The fraction of sp³-hybridized carbons (Fsp3) is 0.474. The Labute approximate surface area is 142 Å². The molecule has 128 valence electrons. The van der Waals surface area contributed by atoms with Crippen molar-refractivity contribution in [2.24, 2.45) is 0 Å². The lowest BCUT2D eigenvalue weighted by Gasteiger charge is -2.32. The number of hydrogen-bond donors (Lipinski definition) is 1. The molecule has 1 aromatic carbocycles. The van der Waals surface area contributed by atoms with Gasteiger partial charge >= 0.3 is 0 Å². The molecule has 5 heteroatoms. The normalized spacial score (nSPS) is 17.9. The van der Waals surface area contributed by atoms with Gasteiger partial charge < -0.3 is 14.6 Å². The minimum atomic E-state index is 0.0338. The van der Waals surface area contributed by atoms with Crippen molar-refractivity contribution in [3.8, 4) is 0 Å². The van der Waals surface area contributed by atoms with Crippen LogP contribution >= 0.6 is 0 Å². The number of aromatic nitrogens is 2. The van der Waals surface area contributed by atoms with Crippen LogP contribution < -0.4 is 0 Å². The second kappa shape index (κ2) is 7.62. The van der Waals surface area contributed by atoms with Gasteiger partial charge in [0.1, 0.15) is 5.82 Å². The monoisotopic (exact) mass is 327 g/mol. The van der Waals surface area contributed by atoms with Crippen LogP contribution in [-0.2, 0) is 24.4 Å². The van der Waals surface area contributed by atoms with Crippen LogP contribution in [0.3, 0.4) is 0 Å². The maximum absolute atomic E-state index is 12.6. The van der Waals surface area contributed by atoms with Crippen molar-refractivity contribution in [3.05, 3.63) is 53.6 Å². The van der Waals surface area contributed by atoms with Gasteiger partial charge in [-0.3, -0.25) is 4.79 Å². The van der Waals surface area contributed by atoms with E-state index in [4.69, 9.17) is 5.11 Å². The van der Waals surface area contributed by atoms with Crippen molar-refractivity contribution in [2.45, 2.75) is 45.3 Å². The second-order valence-electron chi connectivity index (χ2n) is 6.40. The minimum Gasteiger partial charge on any atom is -0.392 e. The van der Waals surface area contributed by atoms with Gasteiger partial charge in [0.15, 0.2) is 0 Å². The van der Waals surface area contributed by atoms with Gasteiger partial charge in [-0.2, -0.15) is 0 Å². The van der Waals surface area contributed by atoms with E-state index in [1.54, 1.807) is 0 Å². The topological polar surface area (TPSA) is 58.4 Å². The number of aliphatic hydroxyl groups is 1. The summed E-state index contributed by atoms with van der Waals surface area (Å²) in [5.74, 6) is 1.60. The Morgan fingerprint density at radius 3 is 2.75 bits per heavy atom. The first-order valence-corrected chi connectivity index (χ1v) is 8.68. The van der Waals surface area contributed by atoms with Gasteiger partial charge in [0.2, 0.25) is 5.91 Å². The minimum absolute atomic E-state index is 0.0338. The largest absolute Gasteiger partial charge is 0.392 e. The van der Waals surface area contributed by atoms with E-state index in [0.717, 1.165) is 49.4 Å². The Bertz CT molecular complexity index is 678. The van der Waals surface area contributed by atoms with E-state index >= 15 is 0 Å². The van der Waals surface area contributed by atoms with Gasteiger partial charge in [0, 0.05) is 37.9 Å². The molecule has 5 nitrogen and oxygen atoms in total. The Kier molecular flexibility index (Phi) is 5.30. The summed E-state index contributed by atoms with van der Waals surface area (Å²) < 4.78 is 2.17. The molecular weight excluding hydrogens is 302 g/mol. The highest BCUT2D eigenvalue weighted by atomic mass is 16.3. The predicted octanol–water partition coefficient (Wildman–Crippen LogP) is 2.34. The molecule has 1 amide bonds. The van der Waals surface area contributed by atoms with Crippen molar-refractivity contribution in [1.29, 1.82) is 0 Å². The predicted molar refractivity (Wildman–Crippen MR) is 92.5 cm³/mol. The quantitative estimate of drug-likeness (QED) is 0.917. The van der Waals surface area contributed by atoms with Gasteiger partial charge in [-0.25, -0.2) is 4.98 Å². The highest BCUT2D eigenvalue weighted by molar-refractivity contribution is 5.79. The standard InChI is InChI=1S/C19H25N3O2/c1-2-21-11-9-20-19(21)17-4-3-10-22(13-17)18(24)12-15-5-7-16(14-23)8-6-15/h5-9,11,17,23H,2-4,10,12-14H2,1H3/t17-/m1/s1. The summed E-state index contributed by atoms with van der Waals surface area (Å²) in [6.07, 6.45) is 6.39. The summed E-state index contributed by atoms with van der Waals surface area (Å²) in [5, 5.41) is 9.09. The first kappa shape index (κ1) is 16.7. The van der Waals surface area contributed by atoms with E-state index in [1.165, 1.54) is 0 Å². The summed E-state index contributed by atoms with van der Waals surface area (Å²) in [7, 11) is 0. The van der Waals surface area contributed by atoms with Gasteiger partial charge in [-0.05, 0) is 30.9 Å². The summed E-state index contributed by atoms with van der Waals surface area (Å²) in [6, 6.07) is 7.60. The Balaban J connectivity index is 1.64. The van der Waals surface area contributed by atoms with E-state index < -0.39 is 0 Å². The number of carbonyl (C=O) groups is 1. The van der Waals surface area contributed by atoms with E-state index in [9.17, 15) is 4.79 Å². The molecule has 2 heterocycles. The zero-order valence-electron chi connectivity index (χ0n) is 14.2. The Hall–Kier alpha value is -2.14. The Morgan fingerprint density at radius 1 is 1.29 bits per heavy atom. The lowest BCUT2D eigenvalue weighted by atomic mass is 9.96. The third-order valence-corrected chi connectivity index (χ3v) is 4.79. The maximum Gasteiger partial charge on any atom is 0.227 e. The number of benzene rings is 1. The van der Waals surface area contributed by atoms with Crippen LogP contribution in [0, 0.1) is 0 Å². The zero-order chi connectivity index (χ0) is 16.9. The number of aliphatic hydroxyl groups excluding tert-OH is 1. The maximum atomic E-state index is 12.6. The van der Waals surface area contributed by atoms with Gasteiger partial charge in [0.25, 0.3) is 0 Å². The molecule has 24 heavy (non-hydrogen) atoms. The van der Waals surface area contributed by atoms with Crippen LogP contribution in [0.25, 0.3) is 0 Å². The lowest BCUT2D eigenvalue weighted by molar-refractivity contribution is -0.131. The summed E-state index contributed by atoms with van der Waals surface area (Å²) >= 11 is 0. The molecule has 1 aromatic heterocycles. The number of hydrogen-bond acceptors (Lipinski definition) is 3. The summed E-state index contributed by atoms with van der Waals surface area (Å²) in [5.41, 5.74) is 1.87. The van der Waals surface area contributed by atoms with Gasteiger partial charge in [-0.15, -0.1) is 0 Å². The Morgan fingerprint density at radius 2 is 2.04 bits per heavy atom. The zero-order valence-corrected chi connectivity index (χ0v) is 14.2. The van der Waals surface area contributed by atoms with Crippen molar-refractivity contribution in [2.75, 3.05) is 13.1 Å². The fourth-order valence-electron chi connectivity index (χ4n) is 3.41. The molecule has 0 bridgehead atoms. The van der Waals surface area contributed by atoms with Crippen molar-refractivity contribution in [1.82, 2.24) is 14.5 Å². The molecule has 0 spiro atoms. The second-order valence-corrected chi connectivity index (χ2v) is 6.40. The SMILES string of the molecule is CCn1ccnc1[C@@H]1CCCN(C(=O)Cc2ccc(CO)cc2)C1. The van der Waals surface area contributed by atoms with Crippen LogP contribution in [0.2, 0.25) is 0 Å². The van der Waals surface area contributed by atoms with Crippen LogP contribution in [0.15, 0.2) is 36.7 Å². The van der Waals surface area contributed by atoms with Crippen LogP contribution in [-0.4, -0.2) is 38.6 Å². The van der Waals surface area contributed by atoms with E-state index in [-0.39, 0.29) is 12.5 Å². The molecule has 1 fully saturated rings. The number of aryl methyl sites for hydroxylation is 1. The number of imidazole rings is 1. The van der Waals surface area contributed by atoms with Crippen molar-refractivity contribution in [3.63, 3.8) is 0 Å². The number of piperidine rings is 1. The number of carbonyl (C=O) groups excluding carboxylic acids is 1.